The predicted octanol–water partition coefficient (Wildman–Crippen LogP) is 2.65. The predicted molar refractivity (Wildman–Crippen MR) is 62.1 cm³/mol. The third-order valence-corrected chi connectivity index (χ3v) is 2.37. The normalized spacial score (nSPS) is 12.6. The maximum absolute atomic E-state index is 8.44. The summed E-state index contributed by atoms with van der Waals surface area (Å²) in [6.07, 6.45) is 1.79. The summed E-state index contributed by atoms with van der Waals surface area (Å²) in [5.41, 5.74) is 0. The van der Waals surface area contributed by atoms with Gasteiger partial charge in [0, 0.05) is 19.4 Å². The van der Waals surface area contributed by atoms with Gasteiger partial charge in [-0.1, -0.05) is 19.0 Å². The summed E-state index contributed by atoms with van der Waals surface area (Å²) in [6, 6.07) is 2.09. The number of hydrogen-bond acceptors (Lipinski definition) is 5. The van der Waals surface area contributed by atoms with Crippen LogP contribution in [0.4, 0.5) is 0 Å². The van der Waals surface area contributed by atoms with Crippen LogP contribution < -0.4 is 0 Å². The minimum absolute atomic E-state index is 0.117. The lowest BCUT2D eigenvalue weighted by Gasteiger charge is -2.16. The Morgan fingerprint density at radius 1 is 1.47 bits per heavy atom. The molecule has 5 heteroatoms. The Morgan fingerprint density at radius 3 is 2.82 bits per heavy atom. The van der Waals surface area contributed by atoms with Crippen LogP contribution in [0.5, 0.6) is 0 Å². The molecule has 0 radical (unpaired) electrons. The van der Waals surface area contributed by atoms with Gasteiger partial charge in [-0.2, -0.15) is 10.2 Å². The van der Waals surface area contributed by atoms with E-state index in [4.69, 9.17) is 14.5 Å². The standard InChI is InChI=1S/C12H19N3O2/c1-4-16-11(9(2)3)12-14-10(17-15-12)7-5-6-8-13/h9,11H,4-7H2,1-3H3. The van der Waals surface area contributed by atoms with Gasteiger partial charge in [0.15, 0.2) is 0 Å². The lowest BCUT2D eigenvalue weighted by Crippen LogP contribution is -2.12. The summed E-state index contributed by atoms with van der Waals surface area (Å²) >= 11 is 0. The average Bonchev–Trinajstić information content (AvgIpc) is 2.74. The summed E-state index contributed by atoms with van der Waals surface area (Å²) in [6.45, 7) is 6.70. The highest BCUT2D eigenvalue weighted by atomic mass is 16.5. The molecule has 0 aromatic carbocycles. The molecular formula is C12H19N3O2. The van der Waals surface area contributed by atoms with E-state index in [1.165, 1.54) is 0 Å². The summed E-state index contributed by atoms with van der Waals surface area (Å²) in [7, 11) is 0. The molecule has 1 atom stereocenters. The Bertz CT molecular complexity index is 368. The number of ether oxygens (including phenoxy) is 1. The molecule has 0 aliphatic carbocycles. The Hall–Kier alpha value is -1.41. The van der Waals surface area contributed by atoms with E-state index in [1.807, 2.05) is 6.92 Å². The monoisotopic (exact) mass is 237 g/mol. The Kier molecular flexibility index (Phi) is 5.64. The van der Waals surface area contributed by atoms with Gasteiger partial charge >= 0.3 is 0 Å². The second-order valence-corrected chi connectivity index (χ2v) is 4.18. The lowest BCUT2D eigenvalue weighted by atomic mass is 10.1. The first-order chi connectivity index (χ1) is 8.19. The van der Waals surface area contributed by atoms with Gasteiger partial charge in [-0.3, -0.25) is 0 Å². The first kappa shape index (κ1) is 13.7. The molecule has 1 aromatic rings. The molecule has 5 nitrogen and oxygen atoms in total. The van der Waals surface area contributed by atoms with Crippen LogP contribution >= 0.6 is 0 Å². The van der Waals surface area contributed by atoms with E-state index in [0.29, 0.717) is 37.1 Å². The molecule has 17 heavy (non-hydrogen) atoms. The van der Waals surface area contributed by atoms with E-state index in [2.05, 4.69) is 30.1 Å². The van der Waals surface area contributed by atoms with Crippen molar-refractivity contribution in [3.63, 3.8) is 0 Å². The molecule has 0 bridgehead atoms. The van der Waals surface area contributed by atoms with Gasteiger partial charge in [0.05, 0.1) is 6.07 Å². The second kappa shape index (κ2) is 7.02. The molecule has 0 fully saturated rings. The molecule has 1 unspecified atom stereocenters. The third-order valence-electron chi connectivity index (χ3n) is 2.37. The Morgan fingerprint density at radius 2 is 2.24 bits per heavy atom. The van der Waals surface area contributed by atoms with Crippen molar-refractivity contribution in [2.75, 3.05) is 6.61 Å². The van der Waals surface area contributed by atoms with Gasteiger partial charge in [0.2, 0.25) is 11.7 Å². The van der Waals surface area contributed by atoms with Crippen molar-refractivity contribution in [1.29, 1.82) is 5.26 Å². The van der Waals surface area contributed by atoms with Crippen LogP contribution in [0, 0.1) is 17.2 Å². The van der Waals surface area contributed by atoms with Crippen molar-refractivity contribution in [3.05, 3.63) is 11.7 Å². The summed E-state index contributed by atoms with van der Waals surface area (Å²) in [4.78, 5) is 4.31. The molecule has 1 aromatic heterocycles. The number of hydrogen-bond donors (Lipinski definition) is 0. The zero-order valence-corrected chi connectivity index (χ0v) is 10.6. The second-order valence-electron chi connectivity index (χ2n) is 4.18. The number of rotatable bonds is 7. The molecular weight excluding hydrogens is 218 g/mol. The van der Waals surface area contributed by atoms with Crippen LogP contribution in [-0.4, -0.2) is 16.7 Å². The van der Waals surface area contributed by atoms with Crippen LogP contribution in [0.2, 0.25) is 0 Å². The smallest absolute Gasteiger partial charge is 0.226 e. The minimum Gasteiger partial charge on any atom is -0.370 e. The van der Waals surface area contributed by atoms with Crippen molar-refractivity contribution >= 4 is 0 Å². The van der Waals surface area contributed by atoms with E-state index in [9.17, 15) is 0 Å². The first-order valence-electron chi connectivity index (χ1n) is 6.00. The van der Waals surface area contributed by atoms with Crippen LogP contribution in [0.1, 0.15) is 51.4 Å². The minimum atomic E-state index is -0.117. The van der Waals surface area contributed by atoms with Gasteiger partial charge in [-0.25, -0.2) is 0 Å². The SMILES string of the molecule is CCOC(c1noc(CCCC#N)n1)C(C)C. The fraction of sp³-hybridized carbons (Fsp3) is 0.750. The highest BCUT2D eigenvalue weighted by Gasteiger charge is 2.21. The highest BCUT2D eigenvalue weighted by molar-refractivity contribution is 4.93. The van der Waals surface area contributed by atoms with E-state index < -0.39 is 0 Å². The third kappa shape index (κ3) is 4.16. The summed E-state index contributed by atoms with van der Waals surface area (Å²) < 4.78 is 10.7. The van der Waals surface area contributed by atoms with Gasteiger partial charge < -0.3 is 9.26 Å². The molecule has 0 aliphatic rings. The number of aromatic nitrogens is 2. The van der Waals surface area contributed by atoms with Crippen LogP contribution in [-0.2, 0) is 11.2 Å². The van der Waals surface area contributed by atoms with Gasteiger partial charge in [-0.15, -0.1) is 0 Å². The highest BCUT2D eigenvalue weighted by Crippen LogP contribution is 2.23. The zero-order chi connectivity index (χ0) is 12.7. The molecule has 94 valence electrons. The van der Waals surface area contributed by atoms with Crippen molar-refractivity contribution in [3.8, 4) is 6.07 Å². The van der Waals surface area contributed by atoms with Gasteiger partial charge in [0.25, 0.3) is 0 Å². The molecule has 1 heterocycles. The van der Waals surface area contributed by atoms with Crippen molar-refractivity contribution in [1.82, 2.24) is 10.1 Å². The average molecular weight is 237 g/mol. The molecule has 0 saturated carbocycles. The fourth-order valence-corrected chi connectivity index (χ4v) is 1.55. The van der Waals surface area contributed by atoms with Crippen LogP contribution in [0.3, 0.4) is 0 Å². The van der Waals surface area contributed by atoms with E-state index >= 15 is 0 Å². The molecule has 0 spiro atoms. The zero-order valence-electron chi connectivity index (χ0n) is 10.6. The van der Waals surface area contributed by atoms with Crippen molar-refractivity contribution < 1.29 is 9.26 Å². The van der Waals surface area contributed by atoms with Crippen LogP contribution in [0.15, 0.2) is 4.52 Å². The lowest BCUT2D eigenvalue weighted by molar-refractivity contribution is 0.0217. The van der Waals surface area contributed by atoms with E-state index in [-0.39, 0.29) is 6.10 Å². The fourth-order valence-electron chi connectivity index (χ4n) is 1.55. The van der Waals surface area contributed by atoms with E-state index in [1.54, 1.807) is 0 Å². The number of unbranched alkanes of at least 4 members (excludes halogenated alkanes) is 1. The van der Waals surface area contributed by atoms with Crippen LogP contribution in [0.25, 0.3) is 0 Å². The maximum Gasteiger partial charge on any atom is 0.226 e. The molecule has 0 amide bonds. The summed E-state index contributed by atoms with van der Waals surface area (Å²) in [5, 5.41) is 12.4. The van der Waals surface area contributed by atoms with E-state index in [0.717, 1.165) is 6.42 Å². The number of aryl methyl sites for hydroxylation is 1. The number of nitrogens with zero attached hydrogens (tertiary/aromatic N) is 3. The largest absolute Gasteiger partial charge is 0.370 e. The Balaban J connectivity index is 2.61. The Labute approximate surface area is 102 Å². The van der Waals surface area contributed by atoms with Gasteiger partial charge in [-0.05, 0) is 19.3 Å². The van der Waals surface area contributed by atoms with Crippen molar-refractivity contribution in [2.45, 2.75) is 46.1 Å². The topological polar surface area (TPSA) is 71.9 Å². The molecule has 0 saturated heterocycles. The van der Waals surface area contributed by atoms with Gasteiger partial charge in [0.1, 0.15) is 6.10 Å². The molecule has 0 aliphatic heterocycles. The molecule has 1 rings (SSSR count). The number of nitriles is 1. The summed E-state index contributed by atoms with van der Waals surface area (Å²) in [5.74, 6) is 1.49. The van der Waals surface area contributed by atoms with Crippen molar-refractivity contribution in [2.24, 2.45) is 5.92 Å². The molecule has 0 N–H and O–H groups in total. The quantitative estimate of drug-likeness (QED) is 0.682. The first-order valence-corrected chi connectivity index (χ1v) is 6.00. The maximum atomic E-state index is 8.44.